The van der Waals surface area contributed by atoms with Crippen molar-refractivity contribution < 1.29 is 9.21 Å². The molecular weight excluding hydrogens is 304 g/mol. The molecule has 1 saturated carbocycles. The summed E-state index contributed by atoms with van der Waals surface area (Å²) >= 11 is 0. The molecule has 6 heteroatoms. The lowest BCUT2D eigenvalue weighted by Crippen LogP contribution is -2.35. The van der Waals surface area contributed by atoms with E-state index in [9.17, 15) is 4.79 Å². The Hall–Kier alpha value is -2.37. The van der Waals surface area contributed by atoms with Crippen LogP contribution in [0, 0.1) is 6.92 Å². The lowest BCUT2D eigenvalue weighted by atomic mass is 9.94. The SMILES string of the molecule is Cc1ocnc1C(=O)NCc1cccnc1N(C)C1CCCCC1. The number of pyridine rings is 1. The van der Waals surface area contributed by atoms with Crippen molar-refractivity contribution in [3.05, 3.63) is 41.7 Å². The molecule has 1 amide bonds. The summed E-state index contributed by atoms with van der Waals surface area (Å²) in [6, 6.07) is 4.44. The molecular formula is C18H24N4O2. The van der Waals surface area contributed by atoms with Crippen LogP contribution in [0.15, 0.2) is 29.1 Å². The Morgan fingerprint density at radius 1 is 1.33 bits per heavy atom. The Kier molecular flexibility index (Phi) is 5.13. The number of aryl methyl sites for hydroxylation is 1. The predicted molar refractivity (Wildman–Crippen MR) is 91.9 cm³/mol. The summed E-state index contributed by atoms with van der Waals surface area (Å²) in [6.45, 7) is 2.15. The standard InChI is InChI=1S/C18H24N4O2/c1-13-16(21-12-24-13)18(23)20-11-14-7-6-10-19-17(14)22(2)15-8-4-3-5-9-15/h6-7,10,12,15H,3-5,8-9,11H2,1-2H3,(H,20,23). The molecule has 24 heavy (non-hydrogen) atoms. The van der Waals surface area contributed by atoms with E-state index in [1.807, 2.05) is 18.3 Å². The molecule has 0 aliphatic heterocycles. The zero-order valence-corrected chi connectivity index (χ0v) is 14.3. The number of anilines is 1. The van der Waals surface area contributed by atoms with Crippen LogP contribution in [0.1, 0.15) is 53.9 Å². The van der Waals surface area contributed by atoms with Gasteiger partial charge in [0.15, 0.2) is 12.1 Å². The van der Waals surface area contributed by atoms with E-state index in [-0.39, 0.29) is 5.91 Å². The molecule has 1 fully saturated rings. The summed E-state index contributed by atoms with van der Waals surface area (Å²) in [4.78, 5) is 23.0. The molecule has 0 spiro atoms. The van der Waals surface area contributed by atoms with Gasteiger partial charge in [0.25, 0.3) is 5.91 Å². The van der Waals surface area contributed by atoms with Crippen LogP contribution >= 0.6 is 0 Å². The minimum Gasteiger partial charge on any atom is -0.448 e. The fourth-order valence-electron chi connectivity index (χ4n) is 3.31. The Labute approximate surface area is 142 Å². The summed E-state index contributed by atoms with van der Waals surface area (Å²) < 4.78 is 5.09. The summed E-state index contributed by atoms with van der Waals surface area (Å²) in [7, 11) is 2.10. The summed E-state index contributed by atoms with van der Waals surface area (Å²) in [5.41, 5.74) is 1.35. The first kappa shape index (κ1) is 16.5. The Morgan fingerprint density at radius 2 is 2.12 bits per heavy atom. The summed E-state index contributed by atoms with van der Waals surface area (Å²) in [6.07, 6.45) is 9.39. The van der Waals surface area contributed by atoms with Crippen molar-refractivity contribution in [2.45, 2.75) is 51.6 Å². The molecule has 0 aromatic carbocycles. The van der Waals surface area contributed by atoms with E-state index in [4.69, 9.17) is 4.42 Å². The van der Waals surface area contributed by atoms with Gasteiger partial charge in [0.1, 0.15) is 11.6 Å². The van der Waals surface area contributed by atoms with Crippen LogP contribution in [0.2, 0.25) is 0 Å². The van der Waals surface area contributed by atoms with Crippen molar-refractivity contribution in [1.29, 1.82) is 0 Å². The van der Waals surface area contributed by atoms with Gasteiger partial charge in [-0.25, -0.2) is 9.97 Å². The van der Waals surface area contributed by atoms with E-state index < -0.39 is 0 Å². The van der Waals surface area contributed by atoms with Crippen LogP contribution in [0.25, 0.3) is 0 Å². The molecule has 128 valence electrons. The summed E-state index contributed by atoms with van der Waals surface area (Å²) in [5, 5.41) is 2.91. The zero-order chi connectivity index (χ0) is 16.9. The Bertz CT molecular complexity index is 692. The average molecular weight is 328 g/mol. The topological polar surface area (TPSA) is 71.3 Å². The number of hydrogen-bond donors (Lipinski definition) is 1. The van der Waals surface area contributed by atoms with Gasteiger partial charge >= 0.3 is 0 Å². The molecule has 3 rings (SSSR count). The quantitative estimate of drug-likeness (QED) is 0.913. The fourth-order valence-corrected chi connectivity index (χ4v) is 3.31. The van der Waals surface area contributed by atoms with E-state index in [0.29, 0.717) is 24.0 Å². The molecule has 0 saturated heterocycles. The molecule has 0 radical (unpaired) electrons. The predicted octanol–water partition coefficient (Wildman–Crippen LogP) is 3.08. The van der Waals surface area contributed by atoms with Crippen LogP contribution in [0.4, 0.5) is 5.82 Å². The second kappa shape index (κ2) is 7.47. The van der Waals surface area contributed by atoms with Gasteiger partial charge < -0.3 is 14.6 Å². The van der Waals surface area contributed by atoms with E-state index in [1.54, 1.807) is 6.92 Å². The van der Waals surface area contributed by atoms with Crippen LogP contribution in [-0.2, 0) is 6.54 Å². The van der Waals surface area contributed by atoms with E-state index in [0.717, 1.165) is 11.4 Å². The van der Waals surface area contributed by atoms with Gasteiger partial charge in [0, 0.05) is 31.4 Å². The van der Waals surface area contributed by atoms with Crippen molar-refractivity contribution in [1.82, 2.24) is 15.3 Å². The number of oxazole rings is 1. The number of carbonyl (C=O) groups excluding carboxylic acids is 1. The van der Waals surface area contributed by atoms with Gasteiger partial charge in [-0.1, -0.05) is 25.3 Å². The second-order valence-electron chi connectivity index (χ2n) is 6.33. The largest absolute Gasteiger partial charge is 0.448 e. The zero-order valence-electron chi connectivity index (χ0n) is 14.3. The molecule has 0 unspecified atom stereocenters. The highest BCUT2D eigenvalue weighted by Crippen LogP contribution is 2.26. The maximum absolute atomic E-state index is 12.2. The molecule has 2 heterocycles. The first-order valence-corrected chi connectivity index (χ1v) is 8.52. The number of rotatable bonds is 5. The van der Waals surface area contributed by atoms with Crippen LogP contribution in [0.3, 0.4) is 0 Å². The lowest BCUT2D eigenvalue weighted by molar-refractivity contribution is 0.0945. The third-order valence-corrected chi connectivity index (χ3v) is 4.72. The minimum atomic E-state index is -0.226. The fraction of sp³-hybridized carbons (Fsp3) is 0.500. The number of aromatic nitrogens is 2. The molecule has 6 nitrogen and oxygen atoms in total. The second-order valence-corrected chi connectivity index (χ2v) is 6.33. The highest BCUT2D eigenvalue weighted by molar-refractivity contribution is 5.93. The van der Waals surface area contributed by atoms with Crippen molar-refractivity contribution in [2.24, 2.45) is 0 Å². The highest BCUT2D eigenvalue weighted by Gasteiger charge is 2.21. The normalized spacial score (nSPS) is 15.2. The van der Waals surface area contributed by atoms with Crippen molar-refractivity contribution in [2.75, 3.05) is 11.9 Å². The highest BCUT2D eigenvalue weighted by atomic mass is 16.3. The van der Waals surface area contributed by atoms with Crippen LogP contribution in [-0.4, -0.2) is 29.0 Å². The average Bonchev–Trinajstić information content (AvgIpc) is 3.06. The number of carbonyl (C=O) groups is 1. The molecule has 1 aliphatic carbocycles. The number of hydrogen-bond acceptors (Lipinski definition) is 5. The van der Waals surface area contributed by atoms with Crippen molar-refractivity contribution in [3.8, 4) is 0 Å². The van der Waals surface area contributed by atoms with E-state index in [2.05, 4.69) is 27.2 Å². The smallest absolute Gasteiger partial charge is 0.273 e. The van der Waals surface area contributed by atoms with Crippen LogP contribution in [0.5, 0.6) is 0 Å². The van der Waals surface area contributed by atoms with Crippen molar-refractivity contribution in [3.63, 3.8) is 0 Å². The third-order valence-electron chi connectivity index (χ3n) is 4.72. The number of nitrogens with one attached hydrogen (secondary N) is 1. The maximum atomic E-state index is 12.2. The number of amides is 1. The third kappa shape index (κ3) is 3.58. The first-order chi connectivity index (χ1) is 11.7. The molecule has 1 aliphatic rings. The Morgan fingerprint density at radius 3 is 2.83 bits per heavy atom. The van der Waals surface area contributed by atoms with Gasteiger partial charge in [-0.3, -0.25) is 4.79 Å². The molecule has 2 aromatic heterocycles. The van der Waals surface area contributed by atoms with Gasteiger partial charge in [-0.2, -0.15) is 0 Å². The maximum Gasteiger partial charge on any atom is 0.273 e. The lowest BCUT2D eigenvalue weighted by Gasteiger charge is -2.33. The van der Waals surface area contributed by atoms with E-state index in [1.165, 1.54) is 38.5 Å². The van der Waals surface area contributed by atoms with Gasteiger partial charge in [0.05, 0.1) is 0 Å². The van der Waals surface area contributed by atoms with Gasteiger partial charge in [-0.15, -0.1) is 0 Å². The Balaban J connectivity index is 1.70. The molecule has 2 aromatic rings. The first-order valence-electron chi connectivity index (χ1n) is 8.52. The van der Waals surface area contributed by atoms with Gasteiger partial charge in [0.2, 0.25) is 0 Å². The summed E-state index contributed by atoms with van der Waals surface area (Å²) in [5.74, 6) is 1.25. The van der Waals surface area contributed by atoms with E-state index >= 15 is 0 Å². The van der Waals surface area contributed by atoms with Crippen molar-refractivity contribution >= 4 is 11.7 Å². The number of nitrogens with zero attached hydrogens (tertiary/aromatic N) is 3. The van der Waals surface area contributed by atoms with Crippen LogP contribution < -0.4 is 10.2 Å². The monoisotopic (exact) mass is 328 g/mol. The molecule has 1 N–H and O–H groups in total. The molecule has 0 bridgehead atoms. The van der Waals surface area contributed by atoms with Gasteiger partial charge in [-0.05, 0) is 25.8 Å². The molecule has 0 atom stereocenters. The minimum absolute atomic E-state index is 0.226.